The molecule has 1 unspecified atom stereocenters. The molecule has 6 heteroatoms. The first-order chi connectivity index (χ1) is 9.19. The van der Waals surface area contributed by atoms with E-state index in [0.29, 0.717) is 11.4 Å². The topological polar surface area (TPSA) is 80.3 Å². The molecule has 2 N–H and O–H groups in total. The number of hydrogen-bond acceptors (Lipinski definition) is 4. The molecule has 20 heavy (non-hydrogen) atoms. The predicted octanol–water partition coefficient (Wildman–Crippen LogP) is 2.24. The van der Waals surface area contributed by atoms with Gasteiger partial charge in [0.05, 0.1) is 11.4 Å². The molecule has 0 spiro atoms. The second-order valence-corrected chi connectivity index (χ2v) is 5.49. The van der Waals surface area contributed by atoms with Crippen molar-refractivity contribution in [2.45, 2.75) is 46.3 Å². The fourth-order valence-electron chi connectivity index (χ4n) is 1.41. The zero-order chi connectivity index (χ0) is 15.3. The van der Waals surface area contributed by atoms with Crippen molar-refractivity contribution < 1.29 is 14.3 Å². The van der Waals surface area contributed by atoms with Crippen molar-refractivity contribution in [3.05, 3.63) is 24.0 Å². The average molecular weight is 279 g/mol. The van der Waals surface area contributed by atoms with Crippen LogP contribution in [0.25, 0.3) is 0 Å². The summed E-state index contributed by atoms with van der Waals surface area (Å²) in [7, 11) is 0. The van der Waals surface area contributed by atoms with Gasteiger partial charge in [-0.05, 0) is 46.8 Å². The number of nitrogens with one attached hydrogen (secondary N) is 2. The molecular formula is C14H21N3O3. The molecule has 0 saturated heterocycles. The quantitative estimate of drug-likeness (QED) is 0.889. The van der Waals surface area contributed by atoms with E-state index in [2.05, 4.69) is 15.6 Å². The average Bonchev–Trinajstić information content (AvgIpc) is 2.29. The molecule has 1 rings (SSSR count). The molecule has 6 nitrogen and oxygen atoms in total. The molecule has 0 aromatic carbocycles. The number of ether oxygens (including phenoxy) is 1. The highest BCUT2D eigenvalue weighted by molar-refractivity contribution is 5.96. The van der Waals surface area contributed by atoms with Gasteiger partial charge in [-0.2, -0.15) is 0 Å². The summed E-state index contributed by atoms with van der Waals surface area (Å²) in [6, 6.07) is 2.78. The molecule has 0 bridgehead atoms. The van der Waals surface area contributed by atoms with Gasteiger partial charge in [0.15, 0.2) is 0 Å². The number of pyridine rings is 1. The SMILES string of the molecule is Cc1ncccc1NC(=O)C(C)NC(=O)OC(C)(C)C. The Hall–Kier alpha value is -2.11. The Balaban J connectivity index is 2.56. The third-order valence-corrected chi connectivity index (χ3v) is 2.39. The number of hydrogen-bond donors (Lipinski definition) is 2. The van der Waals surface area contributed by atoms with Crippen molar-refractivity contribution in [3.63, 3.8) is 0 Å². The third-order valence-electron chi connectivity index (χ3n) is 2.39. The Labute approximate surface area is 118 Å². The van der Waals surface area contributed by atoms with Gasteiger partial charge in [-0.1, -0.05) is 0 Å². The predicted molar refractivity (Wildman–Crippen MR) is 76.4 cm³/mol. The van der Waals surface area contributed by atoms with Crippen LogP contribution in [0.3, 0.4) is 0 Å². The van der Waals surface area contributed by atoms with E-state index in [1.807, 2.05) is 0 Å². The minimum atomic E-state index is -0.704. The smallest absolute Gasteiger partial charge is 0.408 e. The van der Waals surface area contributed by atoms with Crippen LogP contribution < -0.4 is 10.6 Å². The van der Waals surface area contributed by atoms with Crippen molar-refractivity contribution in [1.29, 1.82) is 0 Å². The van der Waals surface area contributed by atoms with Crippen LogP contribution in [0, 0.1) is 6.92 Å². The Morgan fingerprint density at radius 2 is 2.00 bits per heavy atom. The molecule has 1 aromatic heterocycles. The molecule has 110 valence electrons. The van der Waals surface area contributed by atoms with Crippen molar-refractivity contribution >= 4 is 17.7 Å². The van der Waals surface area contributed by atoms with Crippen LogP contribution in [0.15, 0.2) is 18.3 Å². The summed E-state index contributed by atoms with van der Waals surface area (Å²) in [5, 5.41) is 5.19. The van der Waals surface area contributed by atoms with Gasteiger partial charge < -0.3 is 15.4 Å². The number of alkyl carbamates (subject to hydrolysis) is 1. The first-order valence-electron chi connectivity index (χ1n) is 6.41. The Kier molecular flexibility index (Phi) is 5.07. The summed E-state index contributed by atoms with van der Waals surface area (Å²) in [4.78, 5) is 27.6. The molecule has 1 aromatic rings. The van der Waals surface area contributed by atoms with Gasteiger partial charge in [0, 0.05) is 6.20 Å². The number of carbonyl (C=O) groups is 2. The van der Waals surface area contributed by atoms with Crippen LogP contribution in [-0.2, 0) is 9.53 Å². The van der Waals surface area contributed by atoms with Gasteiger partial charge in [0.1, 0.15) is 11.6 Å². The third kappa shape index (κ3) is 5.26. The van der Waals surface area contributed by atoms with Crippen LogP contribution in [0.4, 0.5) is 10.5 Å². The highest BCUT2D eigenvalue weighted by Crippen LogP contribution is 2.11. The molecule has 0 aliphatic carbocycles. The van der Waals surface area contributed by atoms with E-state index in [-0.39, 0.29) is 5.91 Å². The van der Waals surface area contributed by atoms with Gasteiger partial charge in [-0.25, -0.2) is 4.79 Å². The number of aromatic nitrogens is 1. The van der Waals surface area contributed by atoms with Crippen LogP contribution in [0.1, 0.15) is 33.4 Å². The summed E-state index contributed by atoms with van der Waals surface area (Å²) in [6.45, 7) is 8.66. The molecule has 0 fully saturated rings. The lowest BCUT2D eigenvalue weighted by atomic mass is 10.2. The van der Waals surface area contributed by atoms with E-state index in [9.17, 15) is 9.59 Å². The highest BCUT2D eigenvalue weighted by Gasteiger charge is 2.21. The number of amides is 2. The fraction of sp³-hybridized carbons (Fsp3) is 0.500. The minimum Gasteiger partial charge on any atom is -0.444 e. The lowest BCUT2D eigenvalue weighted by Gasteiger charge is -2.21. The molecule has 0 aliphatic rings. The van der Waals surface area contributed by atoms with E-state index in [1.54, 1.807) is 52.9 Å². The monoisotopic (exact) mass is 279 g/mol. The van der Waals surface area contributed by atoms with Crippen molar-refractivity contribution in [2.24, 2.45) is 0 Å². The van der Waals surface area contributed by atoms with E-state index < -0.39 is 17.7 Å². The van der Waals surface area contributed by atoms with Crippen LogP contribution in [-0.4, -0.2) is 28.6 Å². The van der Waals surface area contributed by atoms with Gasteiger partial charge in [0.25, 0.3) is 0 Å². The molecular weight excluding hydrogens is 258 g/mol. The fourth-order valence-corrected chi connectivity index (χ4v) is 1.41. The van der Waals surface area contributed by atoms with Gasteiger partial charge in [-0.3, -0.25) is 9.78 Å². The minimum absolute atomic E-state index is 0.327. The Morgan fingerprint density at radius 3 is 2.55 bits per heavy atom. The highest BCUT2D eigenvalue weighted by atomic mass is 16.6. The Morgan fingerprint density at radius 1 is 1.35 bits per heavy atom. The molecule has 1 heterocycles. The Bertz CT molecular complexity index is 495. The molecule has 0 saturated carbocycles. The maximum Gasteiger partial charge on any atom is 0.408 e. The largest absolute Gasteiger partial charge is 0.444 e. The zero-order valence-electron chi connectivity index (χ0n) is 12.5. The molecule has 0 aliphatic heterocycles. The van der Waals surface area contributed by atoms with Crippen LogP contribution in [0.2, 0.25) is 0 Å². The number of aryl methyl sites for hydroxylation is 1. The number of rotatable bonds is 3. The summed E-state index contributed by atoms with van der Waals surface area (Å²) in [5.74, 6) is -0.327. The van der Waals surface area contributed by atoms with E-state index in [4.69, 9.17) is 4.74 Å². The summed E-state index contributed by atoms with van der Waals surface area (Å²) in [5.41, 5.74) is 0.737. The van der Waals surface area contributed by atoms with Gasteiger partial charge in [-0.15, -0.1) is 0 Å². The van der Waals surface area contributed by atoms with E-state index >= 15 is 0 Å². The van der Waals surface area contributed by atoms with Crippen LogP contribution >= 0.6 is 0 Å². The van der Waals surface area contributed by atoms with Crippen LogP contribution in [0.5, 0.6) is 0 Å². The summed E-state index contributed by atoms with van der Waals surface area (Å²) in [6.07, 6.45) is 1.02. The lowest BCUT2D eigenvalue weighted by Crippen LogP contribution is -2.44. The normalized spacial score (nSPS) is 12.4. The number of nitrogens with zero attached hydrogens (tertiary/aromatic N) is 1. The van der Waals surface area contributed by atoms with E-state index in [0.717, 1.165) is 0 Å². The number of carbonyl (C=O) groups excluding carboxylic acids is 2. The molecule has 2 amide bonds. The molecule has 1 atom stereocenters. The van der Waals surface area contributed by atoms with Gasteiger partial charge >= 0.3 is 6.09 Å². The van der Waals surface area contributed by atoms with Crippen molar-refractivity contribution in [1.82, 2.24) is 10.3 Å². The second-order valence-electron chi connectivity index (χ2n) is 5.49. The first kappa shape index (κ1) is 15.9. The second kappa shape index (κ2) is 6.36. The standard InChI is InChI=1S/C14H21N3O3/c1-9-11(7-6-8-15-9)17-12(18)10(2)16-13(19)20-14(3,4)5/h6-8,10H,1-5H3,(H,16,19)(H,17,18). The summed E-state index contributed by atoms with van der Waals surface area (Å²) < 4.78 is 5.09. The molecule has 0 radical (unpaired) electrons. The zero-order valence-corrected chi connectivity index (χ0v) is 12.5. The maximum absolute atomic E-state index is 12.0. The van der Waals surface area contributed by atoms with Gasteiger partial charge in [0.2, 0.25) is 5.91 Å². The summed E-state index contributed by atoms with van der Waals surface area (Å²) >= 11 is 0. The van der Waals surface area contributed by atoms with Crippen molar-refractivity contribution in [2.75, 3.05) is 5.32 Å². The number of anilines is 1. The van der Waals surface area contributed by atoms with E-state index in [1.165, 1.54) is 0 Å². The first-order valence-corrected chi connectivity index (χ1v) is 6.41. The lowest BCUT2D eigenvalue weighted by molar-refractivity contribution is -0.117. The maximum atomic E-state index is 12.0. The van der Waals surface area contributed by atoms with Crippen molar-refractivity contribution in [3.8, 4) is 0 Å².